The second-order valence-electron chi connectivity index (χ2n) is 6.56. The van der Waals surface area contributed by atoms with Crippen LogP contribution in [0.5, 0.6) is 0 Å². The molecule has 1 aromatic heterocycles. The normalized spacial score (nSPS) is 16.0. The third-order valence-corrected chi connectivity index (χ3v) is 4.79. The Balaban J connectivity index is 1.90. The summed E-state index contributed by atoms with van der Waals surface area (Å²) in [5.74, 6) is 0.590. The van der Waals surface area contributed by atoms with Gasteiger partial charge < -0.3 is 11.1 Å². The number of nitrogens with zero attached hydrogens (tertiary/aromatic N) is 3. The van der Waals surface area contributed by atoms with Crippen molar-refractivity contribution in [1.29, 1.82) is 0 Å². The zero-order valence-corrected chi connectivity index (χ0v) is 15.7. The number of benzene rings is 2. The van der Waals surface area contributed by atoms with E-state index >= 15 is 0 Å². The molecule has 1 aliphatic rings. The molecule has 0 bridgehead atoms. The van der Waals surface area contributed by atoms with Crippen molar-refractivity contribution in [3.05, 3.63) is 76.0 Å². The van der Waals surface area contributed by atoms with E-state index in [0.717, 1.165) is 16.7 Å². The van der Waals surface area contributed by atoms with Gasteiger partial charge in [-0.25, -0.2) is 4.68 Å². The van der Waals surface area contributed by atoms with E-state index in [2.05, 4.69) is 15.4 Å². The molecule has 1 aliphatic heterocycles. The lowest BCUT2D eigenvalue weighted by Crippen LogP contribution is -2.31. The van der Waals surface area contributed by atoms with E-state index in [1.54, 1.807) is 16.8 Å². The van der Waals surface area contributed by atoms with Gasteiger partial charge in [0.15, 0.2) is 5.82 Å². The van der Waals surface area contributed by atoms with Crippen LogP contribution in [0.4, 0.5) is 5.95 Å². The predicted octanol–water partition coefficient (Wildman–Crippen LogP) is 3.68. The number of aryl methyl sites for hydroxylation is 1. The number of primary amides is 1. The van der Waals surface area contributed by atoms with Gasteiger partial charge in [0.05, 0.1) is 5.57 Å². The summed E-state index contributed by atoms with van der Waals surface area (Å²) in [5, 5.41) is 8.41. The standard InChI is InChI=1S/C20H18ClN5O/c1-11-5-3-6-13(9-11)17-16(18(22)27)12(2)23-20-24-19(25-26(17)20)14-7-4-8-15(21)10-14/h3-10,17H,1-2H3,(H2,22,27)(H,23,24,25)/t17-/m1/s1. The Kier molecular flexibility index (Phi) is 4.20. The summed E-state index contributed by atoms with van der Waals surface area (Å²) in [5.41, 5.74) is 9.65. The van der Waals surface area contributed by atoms with Crippen LogP contribution in [0.15, 0.2) is 59.8 Å². The molecular formula is C20H18ClN5O. The van der Waals surface area contributed by atoms with Gasteiger partial charge in [-0.3, -0.25) is 4.79 Å². The lowest BCUT2D eigenvalue weighted by Gasteiger charge is -2.27. The molecule has 7 heteroatoms. The van der Waals surface area contributed by atoms with Gasteiger partial charge in [-0.2, -0.15) is 4.98 Å². The average molecular weight is 380 g/mol. The first-order chi connectivity index (χ1) is 12.9. The molecule has 6 nitrogen and oxygen atoms in total. The lowest BCUT2D eigenvalue weighted by molar-refractivity contribution is -0.115. The number of fused-ring (bicyclic) bond motifs is 1. The van der Waals surface area contributed by atoms with E-state index < -0.39 is 11.9 Å². The fraction of sp³-hybridized carbons (Fsp3) is 0.150. The maximum atomic E-state index is 12.2. The summed E-state index contributed by atoms with van der Waals surface area (Å²) in [6.07, 6.45) is 0. The van der Waals surface area contributed by atoms with Crippen LogP contribution < -0.4 is 11.1 Å². The summed E-state index contributed by atoms with van der Waals surface area (Å²) >= 11 is 6.10. The first-order valence-corrected chi connectivity index (χ1v) is 8.88. The molecule has 0 unspecified atom stereocenters. The SMILES string of the molecule is CC1=C(C(N)=O)[C@@H](c2cccc(C)c2)n2nc(-c3cccc(Cl)c3)nc2N1. The zero-order chi connectivity index (χ0) is 19.1. The molecule has 3 N–H and O–H groups in total. The van der Waals surface area contributed by atoms with Crippen molar-refractivity contribution in [2.24, 2.45) is 5.73 Å². The first-order valence-electron chi connectivity index (χ1n) is 8.50. The van der Waals surface area contributed by atoms with Crippen molar-refractivity contribution < 1.29 is 4.79 Å². The second-order valence-corrected chi connectivity index (χ2v) is 6.99. The van der Waals surface area contributed by atoms with Crippen LogP contribution in [0, 0.1) is 6.92 Å². The van der Waals surface area contributed by atoms with E-state index in [4.69, 9.17) is 17.3 Å². The lowest BCUT2D eigenvalue weighted by atomic mass is 9.94. The van der Waals surface area contributed by atoms with E-state index in [-0.39, 0.29) is 0 Å². The largest absolute Gasteiger partial charge is 0.366 e. The third kappa shape index (κ3) is 3.08. The van der Waals surface area contributed by atoms with E-state index in [1.165, 1.54) is 0 Å². The number of allylic oxidation sites excluding steroid dienone is 1. The van der Waals surface area contributed by atoms with Crippen LogP contribution in [0.25, 0.3) is 11.4 Å². The number of nitrogens with one attached hydrogen (secondary N) is 1. The van der Waals surface area contributed by atoms with E-state index in [9.17, 15) is 4.79 Å². The van der Waals surface area contributed by atoms with Crippen molar-refractivity contribution in [2.45, 2.75) is 19.9 Å². The number of aromatic nitrogens is 3. The van der Waals surface area contributed by atoms with Crippen molar-refractivity contribution in [2.75, 3.05) is 5.32 Å². The Morgan fingerprint density at radius 1 is 1.19 bits per heavy atom. The fourth-order valence-electron chi connectivity index (χ4n) is 3.37. The number of hydrogen-bond donors (Lipinski definition) is 2. The molecule has 3 aromatic rings. The van der Waals surface area contributed by atoms with Gasteiger partial charge in [-0.15, -0.1) is 5.10 Å². The molecular weight excluding hydrogens is 362 g/mol. The number of carbonyl (C=O) groups is 1. The molecule has 0 spiro atoms. The molecule has 1 amide bonds. The molecule has 0 aliphatic carbocycles. The van der Waals surface area contributed by atoms with Crippen molar-refractivity contribution >= 4 is 23.5 Å². The minimum atomic E-state index is -0.489. The highest BCUT2D eigenvalue weighted by molar-refractivity contribution is 6.30. The van der Waals surface area contributed by atoms with Crippen molar-refractivity contribution in [3.8, 4) is 11.4 Å². The zero-order valence-electron chi connectivity index (χ0n) is 14.9. The molecule has 0 radical (unpaired) electrons. The second kappa shape index (κ2) is 6.55. The van der Waals surface area contributed by atoms with Crippen LogP contribution in [0.1, 0.15) is 24.1 Å². The van der Waals surface area contributed by atoms with E-state index in [1.807, 2.05) is 50.2 Å². The fourth-order valence-corrected chi connectivity index (χ4v) is 3.56. The van der Waals surface area contributed by atoms with Crippen LogP contribution >= 0.6 is 11.6 Å². The highest BCUT2D eigenvalue weighted by atomic mass is 35.5. The highest BCUT2D eigenvalue weighted by Gasteiger charge is 2.33. The van der Waals surface area contributed by atoms with Gasteiger partial charge >= 0.3 is 0 Å². The number of halogens is 1. The van der Waals surface area contributed by atoms with Crippen LogP contribution in [0.3, 0.4) is 0 Å². The average Bonchev–Trinajstić information content (AvgIpc) is 3.03. The monoisotopic (exact) mass is 379 g/mol. The molecule has 4 rings (SSSR count). The van der Waals surface area contributed by atoms with Gasteiger partial charge in [0, 0.05) is 16.3 Å². The number of rotatable bonds is 3. The first kappa shape index (κ1) is 17.3. The topological polar surface area (TPSA) is 85.8 Å². The molecule has 136 valence electrons. The molecule has 2 aromatic carbocycles. The van der Waals surface area contributed by atoms with Crippen molar-refractivity contribution in [3.63, 3.8) is 0 Å². The van der Waals surface area contributed by atoms with Crippen LogP contribution in [-0.4, -0.2) is 20.7 Å². The summed E-state index contributed by atoms with van der Waals surface area (Å²) in [6.45, 7) is 3.82. The molecule has 0 fully saturated rings. The number of nitrogens with two attached hydrogens (primary N) is 1. The predicted molar refractivity (Wildman–Crippen MR) is 105 cm³/mol. The molecule has 1 atom stereocenters. The Morgan fingerprint density at radius 3 is 2.67 bits per heavy atom. The maximum absolute atomic E-state index is 12.2. The Morgan fingerprint density at radius 2 is 1.96 bits per heavy atom. The summed E-state index contributed by atoms with van der Waals surface area (Å²) < 4.78 is 1.71. The van der Waals surface area contributed by atoms with Gasteiger partial charge in [0.25, 0.3) is 0 Å². The quantitative estimate of drug-likeness (QED) is 0.726. The minimum Gasteiger partial charge on any atom is -0.366 e. The van der Waals surface area contributed by atoms with Crippen LogP contribution in [-0.2, 0) is 4.79 Å². The molecule has 0 saturated carbocycles. The van der Waals surface area contributed by atoms with Gasteiger partial charge in [-0.05, 0) is 31.5 Å². The van der Waals surface area contributed by atoms with E-state index in [0.29, 0.717) is 28.1 Å². The Labute approximate surface area is 161 Å². The summed E-state index contributed by atoms with van der Waals surface area (Å²) in [7, 11) is 0. The number of hydrogen-bond acceptors (Lipinski definition) is 4. The Hall–Kier alpha value is -3.12. The number of anilines is 1. The number of carbonyl (C=O) groups excluding carboxylic acids is 1. The molecule has 0 saturated heterocycles. The van der Waals surface area contributed by atoms with Crippen molar-refractivity contribution in [1.82, 2.24) is 14.8 Å². The number of amides is 1. The van der Waals surface area contributed by atoms with Gasteiger partial charge in [-0.1, -0.05) is 53.6 Å². The summed E-state index contributed by atoms with van der Waals surface area (Å²) in [6, 6.07) is 14.8. The smallest absolute Gasteiger partial charge is 0.248 e. The van der Waals surface area contributed by atoms with Crippen LogP contribution in [0.2, 0.25) is 5.02 Å². The summed E-state index contributed by atoms with van der Waals surface area (Å²) in [4.78, 5) is 16.8. The third-order valence-electron chi connectivity index (χ3n) is 4.56. The minimum absolute atomic E-state index is 0.445. The maximum Gasteiger partial charge on any atom is 0.248 e. The molecule has 27 heavy (non-hydrogen) atoms. The van der Waals surface area contributed by atoms with Gasteiger partial charge in [0.1, 0.15) is 6.04 Å². The van der Waals surface area contributed by atoms with Gasteiger partial charge in [0.2, 0.25) is 11.9 Å². The molecule has 2 heterocycles. The Bertz CT molecular complexity index is 1090. The highest BCUT2D eigenvalue weighted by Crippen LogP contribution is 2.36.